The molecule has 0 saturated heterocycles. The van der Waals surface area contributed by atoms with E-state index in [1.165, 1.54) is 6.08 Å². The standard InChI is InChI=1S/C9H12O4/c1-3-6-5-9(6,7(10)11)8(12)13-4-2/h3,6H,1,4-5H2,2H3,(H,10,11)/t6-,9-/m1/s1. The minimum Gasteiger partial charge on any atom is -0.480 e. The number of ether oxygens (including phenoxy) is 1. The molecule has 1 aliphatic rings. The maximum atomic E-state index is 11.3. The van der Waals surface area contributed by atoms with Gasteiger partial charge in [0.1, 0.15) is 0 Å². The summed E-state index contributed by atoms with van der Waals surface area (Å²) in [4.78, 5) is 22.1. The number of allylic oxidation sites excluding steroid dienone is 1. The number of carbonyl (C=O) groups is 2. The summed E-state index contributed by atoms with van der Waals surface area (Å²) in [5.74, 6) is -2.03. The van der Waals surface area contributed by atoms with Crippen LogP contribution in [0.15, 0.2) is 12.7 Å². The van der Waals surface area contributed by atoms with Crippen molar-refractivity contribution < 1.29 is 19.4 Å². The molecule has 0 aromatic carbocycles. The van der Waals surface area contributed by atoms with E-state index in [2.05, 4.69) is 6.58 Å². The molecule has 0 unspecified atom stereocenters. The molecule has 1 N–H and O–H groups in total. The second kappa shape index (κ2) is 3.20. The van der Waals surface area contributed by atoms with Crippen molar-refractivity contribution in [3.8, 4) is 0 Å². The van der Waals surface area contributed by atoms with Crippen molar-refractivity contribution in [2.24, 2.45) is 11.3 Å². The third kappa shape index (κ3) is 1.32. The van der Waals surface area contributed by atoms with Crippen molar-refractivity contribution in [3.63, 3.8) is 0 Å². The summed E-state index contributed by atoms with van der Waals surface area (Å²) in [5, 5.41) is 8.85. The van der Waals surface area contributed by atoms with Gasteiger partial charge in [0, 0.05) is 5.92 Å². The molecule has 4 nitrogen and oxygen atoms in total. The van der Waals surface area contributed by atoms with Gasteiger partial charge < -0.3 is 9.84 Å². The van der Waals surface area contributed by atoms with Gasteiger partial charge in [0.15, 0.2) is 5.41 Å². The molecule has 2 atom stereocenters. The van der Waals surface area contributed by atoms with Crippen LogP contribution in [0.3, 0.4) is 0 Å². The van der Waals surface area contributed by atoms with Gasteiger partial charge in [0.25, 0.3) is 0 Å². The fourth-order valence-corrected chi connectivity index (χ4v) is 1.40. The molecular weight excluding hydrogens is 172 g/mol. The fourth-order valence-electron chi connectivity index (χ4n) is 1.40. The molecule has 0 aliphatic heterocycles. The lowest BCUT2D eigenvalue weighted by Crippen LogP contribution is -2.29. The minimum atomic E-state index is -1.34. The zero-order chi connectivity index (χ0) is 10.1. The molecule has 0 radical (unpaired) electrons. The lowest BCUT2D eigenvalue weighted by atomic mass is 10.0. The van der Waals surface area contributed by atoms with Crippen LogP contribution in [-0.2, 0) is 14.3 Å². The van der Waals surface area contributed by atoms with Crippen molar-refractivity contribution >= 4 is 11.9 Å². The zero-order valence-electron chi connectivity index (χ0n) is 7.45. The first-order valence-electron chi connectivity index (χ1n) is 4.12. The molecule has 0 amide bonds. The fraction of sp³-hybridized carbons (Fsp3) is 0.556. The normalized spacial score (nSPS) is 30.7. The van der Waals surface area contributed by atoms with Crippen molar-refractivity contribution in [1.29, 1.82) is 0 Å². The SMILES string of the molecule is C=C[C@@H]1C[C@@]1(C(=O)O)C(=O)OCC. The highest BCUT2D eigenvalue weighted by Crippen LogP contribution is 2.54. The number of carboxylic acids is 1. The Morgan fingerprint density at radius 2 is 2.38 bits per heavy atom. The Balaban J connectivity index is 2.77. The molecule has 4 heteroatoms. The molecule has 0 spiro atoms. The third-order valence-electron chi connectivity index (χ3n) is 2.32. The van der Waals surface area contributed by atoms with Gasteiger partial charge >= 0.3 is 11.9 Å². The highest BCUT2D eigenvalue weighted by Gasteiger charge is 2.66. The molecule has 1 rings (SSSR count). The summed E-state index contributed by atoms with van der Waals surface area (Å²) in [6.07, 6.45) is 1.80. The monoisotopic (exact) mass is 184 g/mol. The topological polar surface area (TPSA) is 63.6 Å². The second-order valence-electron chi connectivity index (χ2n) is 3.04. The van der Waals surface area contributed by atoms with Gasteiger partial charge in [0.05, 0.1) is 6.61 Å². The molecule has 72 valence electrons. The van der Waals surface area contributed by atoms with Crippen molar-refractivity contribution in [2.45, 2.75) is 13.3 Å². The Kier molecular flexibility index (Phi) is 2.40. The van der Waals surface area contributed by atoms with Crippen LogP contribution in [0.1, 0.15) is 13.3 Å². The highest BCUT2D eigenvalue weighted by molar-refractivity contribution is 6.03. The van der Waals surface area contributed by atoms with Crippen LogP contribution in [-0.4, -0.2) is 23.7 Å². The lowest BCUT2D eigenvalue weighted by Gasteiger charge is -2.09. The van der Waals surface area contributed by atoms with E-state index in [-0.39, 0.29) is 12.5 Å². The number of esters is 1. The van der Waals surface area contributed by atoms with Crippen molar-refractivity contribution in [3.05, 3.63) is 12.7 Å². The van der Waals surface area contributed by atoms with E-state index < -0.39 is 17.4 Å². The molecule has 0 aromatic rings. The molecule has 0 aromatic heterocycles. The smallest absolute Gasteiger partial charge is 0.324 e. The Bertz CT molecular complexity index is 258. The Labute approximate surface area is 76.2 Å². The van der Waals surface area contributed by atoms with E-state index >= 15 is 0 Å². The van der Waals surface area contributed by atoms with Gasteiger partial charge in [-0.3, -0.25) is 9.59 Å². The lowest BCUT2D eigenvalue weighted by molar-refractivity contribution is -0.161. The molecule has 13 heavy (non-hydrogen) atoms. The highest BCUT2D eigenvalue weighted by atomic mass is 16.5. The summed E-state index contributed by atoms with van der Waals surface area (Å²) < 4.78 is 4.70. The van der Waals surface area contributed by atoms with Crippen LogP contribution < -0.4 is 0 Å². The molecule has 0 bridgehead atoms. The van der Waals surface area contributed by atoms with Gasteiger partial charge in [-0.25, -0.2) is 0 Å². The Morgan fingerprint density at radius 3 is 2.69 bits per heavy atom. The first-order valence-corrected chi connectivity index (χ1v) is 4.12. The van der Waals surface area contributed by atoms with Crippen LogP contribution >= 0.6 is 0 Å². The van der Waals surface area contributed by atoms with E-state index in [4.69, 9.17) is 9.84 Å². The van der Waals surface area contributed by atoms with Crippen LogP contribution in [0.2, 0.25) is 0 Å². The van der Waals surface area contributed by atoms with Gasteiger partial charge in [-0.1, -0.05) is 6.08 Å². The van der Waals surface area contributed by atoms with E-state index in [1.807, 2.05) is 0 Å². The molecule has 1 fully saturated rings. The summed E-state index contributed by atoms with van der Waals surface area (Å²) in [6.45, 7) is 5.33. The van der Waals surface area contributed by atoms with Crippen LogP contribution in [0.5, 0.6) is 0 Å². The number of rotatable bonds is 4. The molecular formula is C9H12O4. The van der Waals surface area contributed by atoms with E-state index in [0.717, 1.165) is 0 Å². The number of carboxylic acid groups (broad SMARTS) is 1. The summed E-state index contributed by atoms with van der Waals surface area (Å²) in [7, 11) is 0. The average molecular weight is 184 g/mol. The quantitative estimate of drug-likeness (QED) is 0.399. The van der Waals surface area contributed by atoms with E-state index in [0.29, 0.717) is 6.42 Å². The number of aliphatic carboxylic acids is 1. The summed E-state index contributed by atoms with van der Waals surface area (Å²) >= 11 is 0. The summed E-state index contributed by atoms with van der Waals surface area (Å²) in [5.41, 5.74) is -1.34. The van der Waals surface area contributed by atoms with Crippen LogP contribution in [0.4, 0.5) is 0 Å². The van der Waals surface area contributed by atoms with Gasteiger partial charge in [0.2, 0.25) is 0 Å². The number of carbonyl (C=O) groups excluding carboxylic acids is 1. The van der Waals surface area contributed by atoms with Crippen LogP contribution in [0.25, 0.3) is 0 Å². The van der Waals surface area contributed by atoms with Gasteiger partial charge in [-0.15, -0.1) is 6.58 Å². The largest absolute Gasteiger partial charge is 0.480 e. The predicted molar refractivity (Wildman–Crippen MR) is 45.0 cm³/mol. The first-order chi connectivity index (χ1) is 6.09. The maximum absolute atomic E-state index is 11.3. The molecule has 1 saturated carbocycles. The van der Waals surface area contributed by atoms with E-state index in [1.54, 1.807) is 6.92 Å². The predicted octanol–water partition coefficient (Wildman–Crippen LogP) is 0.826. The number of hydrogen-bond acceptors (Lipinski definition) is 3. The minimum absolute atomic E-state index is 0.206. The van der Waals surface area contributed by atoms with Gasteiger partial charge in [-0.2, -0.15) is 0 Å². The maximum Gasteiger partial charge on any atom is 0.324 e. The number of hydrogen-bond donors (Lipinski definition) is 1. The second-order valence-corrected chi connectivity index (χ2v) is 3.04. The molecule has 1 aliphatic carbocycles. The summed E-state index contributed by atoms with van der Waals surface area (Å²) in [6, 6.07) is 0. The van der Waals surface area contributed by atoms with Crippen molar-refractivity contribution in [1.82, 2.24) is 0 Å². The van der Waals surface area contributed by atoms with Crippen LogP contribution in [0, 0.1) is 11.3 Å². The third-order valence-corrected chi connectivity index (χ3v) is 2.32. The van der Waals surface area contributed by atoms with Gasteiger partial charge in [-0.05, 0) is 13.3 Å². The Morgan fingerprint density at radius 1 is 1.77 bits per heavy atom. The average Bonchev–Trinajstić information content (AvgIpc) is 2.79. The van der Waals surface area contributed by atoms with Crippen molar-refractivity contribution in [2.75, 3.05) is 6.61 Å². The zero-order valence-corrected chi connectivity index (χ0v) is 7.45. The first kappa shape index (κ1) is 9.77. The Hall–Kier alpha value is -1.32. The molecule has 0 heterocycles. The van der Waals surface area contributed by atoms with E-state index in [9.17, 15) is 9.59 Å².